The summed E-state index contributed by atoms with van der Waals surface area (Å²) in [6.07, 6.45) is 2.29. The molecule has 7 heteroatoms. The number of ether oxygens (including phenoxy) is 3. The van der Waals surface area contributed by atoms with Gasteiger partial charge in [0.25, 0.3) is 5.88 Å². The van der Waals surface area contributed by atoms with E-state index < -0.39 is 0 Å². The Kier molecular flexibility index (Phi) is 5.52. The summed E-state index contributed by atoms with van der Waals surface area (Å²) in [7, 11) is 1.65. The number of pyridine rings is 2. The Morgan fingerprint density at radius 1 is 1.21 bits per heavy atom. The normalized spacial score (nSPS) is 20.5. The molecule has 2 aliphatic rings. The molecule has 150 valence electrons. The average molecular weight is 384 g/mol. The SMILES string of the molecule is COc1cc(N[C@H]2CCCN(C(C)c3ccc4c(n3)OCCO4)C2)cc(C)n1. The number of rotatable bonds is 5. The third-order valence-corrected chi connectivity index (χ3v) is 5.36. The Morgan fingerprint density at radius 2 is 2.07 bits per heavy atom. The standard InChI is InChI=1S/C21H28N4O3/c1-14-11-17(12-20(22-14)26-3)23-16-5-4-8-25(13-16)15(2)18-6-7-19-21(24-18)28-10-9-27-19/h6-7,11-12,15-16H,4-5,8-10,13H2,1-3H3,(H,22,23)/t15?,16-/m0/s1. The number of hydrogen-bond acceptors (Lipinski definition) is 7. The van der Waals surface area contributed by atoms with Crippen LogP contribution < -0.4 is 19.5 Å². The molecule has 0 spiro atoms. The molecule has 4 heterocycles. The highest BCUT2D eigenvalue weighted by Crippen LogP contribution is 2.32. The van der Waals surface area contributed by atoms with Gasteiger partial charge in [-0.1, -0.05) is 0 Å². The van der Waals surface area contributed by atoms with E-state index in [4.69, 9.17) is 19.2 Å². The molecule has 0 aliphatic carbocycles. The fraction of sp³-hybridized carbons (Fsp3) is 0.524. The molecule has 1 saturated heterocycles. The molecule has 1 N–H and O–H groups in total. The first-order valence-corrected chi connectivity index (χ1v) is 9.92. The summed E-state index contributed by atoms with van der Waals surface area (Å²) in [5, 5.41) is 3.66. The zero-order chi connectivity index (χ0) is 19.5. The van der Waals surface area contributed by atoms with Gasteiger partial charge in [-0.15, -0.1) is 0 Å². The van der Waals surface area contributed by atoms with Crippen molar-refractivity contribution < 1.29 is 14.2 Å². The van der Waals surface area contributed by atoms with Crippen molar-refractivity contribution in [2.75, 3.05) is 38.7 Å². The lowest BCUT2D eigenvalue weighted by atomic mass is 10.0. The molecule has 28 heavy (non-hydrogen) atoms. The molecule has 1 fully saturated rings. The Morgan fingerprint density at radius 3 is 2.93 bits per heavy atom. The summed E-state index contributed by atoms with van der Waals surface area (Å²) in [4.78, 5) is 11.5. The number of aromatic nitrogens is 2. The van der Waals surface area contributed by atoms with E-state index in [-0.39, 0.29) is 6.04 Å². The molecule has 7 nitrogen and oxygen atoms in total. The van der Waals surface area contributed by atoms with E-state index >= 15 is 0 Å². The number of fused-ring (bicyclic) bond motifs is 1. The van der Waals surface area contributed by atoms with Crippen LogP contribution in [0.1, 0.15) is 37.2 Å². The number of methoxy groups -OCH3 is 1. The Bertz CT molecular complexity index is 829. The molecule has 0 saturated carbocycles. The molecule has 2 aromatic heterocycles. The highest BCUT2D eigenvalue weighted by molar-refractivity contribution is 5.48. The van der Waals surface area contributed by atoms with Crippen LogP contribution in [0.15, 0.2) is 24.3 Å². The molecular weight excluding hydrogens is 356 g/mol. The second-order valence-corrected chi connectivity index (χ2v) is 7.43. The predicted molar refractivity (Wildman–Crippen MR) is 107 cm³/mol. The highest BCUT2D eigenvalue weighted by Gasteiger charge is 2.26. The predicted octanol–water partition coefficient (Wildman–Crippen LogP) is 3.20. The number of likely N-dealkylation sites (tertiary alicyclic amines) is 1. The zero-order valence-corrected chi connectivity index (χ0v) is 16.8. The maximum Gasteiger partial charge on any atom is 0.257 e. The quantitative estimate of drug-likeness (QED) is 0.849. The van der Waals surface area contributed by atoms with Crippen molar-refractivity contribution in [1.29, 1.82) is 0 Å². The third kappa shape index (κ3) is 4.14. The zero-order valence-electron chi connectivity index (χ0n) is 16.8. The minimum atomic E-state index is 0.217. The molecule has 2 atom stereocenters. The lowest BCUT2D eigenvalue weighted by Gasteiger charge is -2.37. The van der Waals surface area contributed by atoms with Crippen molar-refractivity contribution in [2.24, 2.45) is 0 Å². The van der Waals surface area contributed by atoms with Crippen molar-refractivity contribution in [1.82, 2.24) is 14.9 Å². The van der Waals surface area contributed by atoms with Crippen LogP contribution in [0.3, 0.4) is 0 Å². The lowest BCUT2D eigenvalue weighted by molar-refractivity contribution is 0.151. The second kappa shape index (κ2) is 8.22. The summed E-state index contributed by atoms with van der Waals surface area (Å²) in [5.74, 6) is 1.99. The molecule has 2 aromatic rings. The first kappa shape index (κ1) is 18.8. The molecule has 4 rings (SSSR count). The summed E-state index contributed by atoms with van der Waals surface area (Å²) >= 11 is 0. The smallest absolute Gasteiger partial charge is 0.257 e. The van der Waals surface area contributed by atoms with E-state index in [1.165, 1.54) is 0 Å². The monoisotopic (exact) mass is 384 g/mol. The van der Waals surface area contributed by atoms with E-state index in [2.05, 4.69) is 28.2 Å². The summed E-state index contributed by atoms with van der Waals surface area (Å²) in [6, 6.07) is 8.63. The van der Waals surface area contributed by atoms with Gasteiger partial charge in [-0.25, -0.2) is 9.97 Å². The Labute approximate surface area is 166 Å². The molecular formula is C21H28N4O3. The van der Waals surface area contributed by atoms with Gasteiger partial charge in [0.15, 0.2) is 5.75 Å². The molecule has 0 amide bonds. The van der Waals surface area contributed by atoms with Crippen LogP contribution in [-0.2, 0) is 0 Å². The van der Waals surface area contributed by atoms with Gasteiger partial charge in [0.05, 0.1) is 12.8 Å². The first-order chi connectivity index (χ1) is 13.6. The fourth-order valence-corrected chi connectivity index (χ4v) is 3.90. The van der Waals surface area contributed by atoms with E-state index in [1.54, 1.807) is 7.11 Å². The number of aryl methyl sites for hydroxylation is 1. The maximum absolute atomic E-state index is 5.65. The lowest BCUT2D eigenvalue weighted by Crippen LogP contribution is -2.43. The summed E-state index contributed by atoms with van der Waals surface area (Å²) in [6.45, 7) is 7.36. The highest BCUT2D eigenvalue weighted by atomic mass is 16.6. The molecule has 0 aromatic carbocycles. The summed E-state index contributed by atoms with van der Waals surface area (Å²) < 4.78 is 16.5. The van der Waals surface area contributed by atoms with Crippen LogP contribution in [0.4, 0.5) is 5.69 Å². The largest absolute Gasteiger partial charge is 0.484 e. The molecule has 2 aliphatic heterocycles. The van der Waals surface area contributed by atoms with Gasteiger partial charge in [-0.05, 0) is 51.4 Å². The number of hydrogen-bond donors (Lipinski definition) is 1. The van der Waals surface area contributed by atoms with E-state index in [0.29, 0.717) is 31.0 Å². The van der Waals surface area contributed by atoms with Crippen LogP contribution in [0.2, 0.25) is 0 Å². The van der Waals surface area contributed by atoms with Gasteiger partial charge in [0.2, 0.25) is 5.88 Å². The van der Waals surface area contributed by atoms with Crippen molar-refractivity contribution >= 4 is 5.69 Å². The van der Waals surface area contributed by atoms with E-state index in [9.17, 15) is 0 Å². The van der Waals surface area contributed by atoms with E-state index in [1.807, 2.05) is 25.1 Å². The van der Waals surface area contributed by atoms with Crippen LogP contribution in [0.25, 0.3) is 0 Å². The number of anilines is 1. The maximum atomic E-state index is 5.65. The first-order valence-electron chi connectivity index (χ1n) is 9.92. The van der Waals surface area contributed by atoms with Crippen molar-refractivity contribution in [2.45, 2.75) is 38.8 Å². The van der Waals surface area contributed by atoms with Crippen LogP contribution in [0.5, 0.6) is 17.5 Å². The van der Waals surface area contributed by atoms with Crippen molar-refractivity contribution in [3.8, 4) is 17.5 Å². The second-order valence-electron chi connectivity index (χ2n) is 7.43. The minimum Gasteiger partial charge on any atom is -0.484 e. The number of nitrogens with zero attached hydrogens (tertiary/aromatic N) is 3. The van der Waals surface area contributed by atoms with Crippen LogP contribution >= 0.6 is 0 Å². The molecule has 1 unspecified atom stereocenters. The van der Waals surface area contributed by atoms with Gasteiger partial charge in [0, 0.05) is 36.1 Å². The van der Waals surface area contributed by atoms with Crippen molar-refractivity contribution in [3.63, 3.8) is 0 Å². The van der Waals surface area contributed by atoms with Crippen LogP contribution in [0, 0.1) is 6.92 Å². The van der Waals surface area contributed by atoms with Gasteiger partial charge in [0.1, 0.15) is 13.2 Å². The minimum absolute atomic E-state index is 0.217. The fourth-order valence-electron chi connectivity index (χ4n) is 3.90. The third-order valence-electron chi connectivity index (χ3n) is 5.36. The molecule has 0 bridgehead atoms. The number of nitrogens with one attached hydrogen (secondary N) is 1. The van der Waals surface area contributed by atoms with Gasteiger partial charge < -0.3 is 19.5 Å². The van der Waals surface area contributed by atoms with Gasteiger partial charge in [-0.3, -0.25) is 4.90 Å². The van der Waals surface area contributed by atoms with Crippen LogP contribution in [-0.4, -0.2) is 54.3 Å². The van der Waals surface area contributed by atoms with Crippen molar-refractivity contribution in [3.05, 3.63) is 35.7 Å². The summed E-state index contributed by atoms with van der Waals surface area (Å²) in [5.41, 5.74) is 3.02. The molecule has 0 radical (unpaired) electrons. The van der Waals surface area contributed by atoms with Gasteiger partial charge >= 0.3 is 0 Å². The Hall–Kier alpha value is -2.54. The number of piperidine rings is 1. The van der Waals surface area contributed by atoms with E-state index in [0.717, 1.165) is 48.8 Å². The van der Waals surface area contributed by atoms with Gasteiger partial charge in [-0.2, -0.15) is 0 Å². The average Bonchev–Trinajstić information content (AvgIpc) is 2.72. The Balaban J connectivity index is 1.44. The topological polar surface area (TPSA) is 68.7 Å².